The summed E-state index contributed by atoms with van der Waals surface area (Å²) in [7, 11) is 4.42. The first-order valence-corrected chi connectivity index (χ1v) is 13.2. The Balaban J connectivity index is 0.000000257. The van der Waals surface area contributed by atoms with Crippen LogP contribution in [0.2, 0.25) is 5.02 Å². The summed E-state index contributed by atoms with van der Waals surface area (Å²) in [5.41, 5.74) is 4.88. The Morgan fingerprint density at radius 1 is 0.853 bits per heavy atom. The zero-order valence-corrected chi connectivity index (χ0v) is 22.7. The Hall–Kier alpha value is -1.43. The maximum atomic E-state index is 6.37. The fraction of sp³-hybridized carbons (Fsp3) is 0.586. The smallest absolute Gasteiger partial charge is 0.0409 e. The Morgan fingerprint density at radius 3 is 2.18 bits per heavy atom. The third-order valence-electron chi connectivity index (χ3n) is 8.45. The number of likely N-dealkylation sites (N-methyl/N-ethyl adjacent to an activating group) is 2. The highest BCUT2D eigenvalue weighted by Crippen LogP contribution is 2.48. The number of nitrogens with zero attached hydrogens (tertiary/aromatic N) is 3. The van der Waals surface area contributed by atoms with E-state index in [2.05, 4.69) is 104 Å². The SMILES string of the molecule is CN1CCN([C@@H]2C[C@@H](c3ccccc3)c3ccc(Cl)cc32)CC1(C)C.CN1CCNCC1(C)C. The predicted molar refractivity (Wildman–Crippen MR) is 145 cm³/mol. The van der Waals surface area contributed by atoms with Crippen LogP contribution in [0.3, 0.4) is 0 Å². The summed E-state index contributed by atoms with van der Waals surface area (Å²) in [5.74, 6) is 0.473. The Kier molecular flexibility index (Phi) is 7.76. The lowest BCUT2D eigenvalue weighted by atomic mass is 9.93. The second-order valence-corrected chi connectivity index (χ2v) is 12.0. The average Bonchev–Trinajstić information content (AvgIpc) is 3.17. The van der Waals surface area contributed by atoms with Crippen molar-refractivity contribution < 1.29 is 0 Å². The van der Waals surface area contributed by atoms with E-state index in [0.717, 1.165) is 44.2 Å². The lowest BCUT2D eigenvalue weighted by Gasteiger charge is -2.47. The number of benzene rings is 2. The molecule has 5 rings (SSSR count). The van der Waals surface area contributed by atoms with Crippen LogP contribution in [0.25, 0.3) is 0 Å². The number of hydrogen-bond acceptors (Lipinski definition) is 4. The van der Waals surface area contributed by atoms with Crippen LogP contribution in [0.5, 0.6) is 0 Å². The molecule has 3 aliphatic rings. The Morgan fingerprint density at radius 2 is 1.56 bits per heavy atom. The van der Waals surface area contributed by atoms with E-state index in [1.165, 1.54) is 23.2 Å². The molecule has 0 amide bonds. The van der Waals surface area contributed by atoms with Gasteiger partial charge in [0.2, 0.25) is 0 Å². The second-order valence-electron chi connectivity index (χ2n) is 11.6. The molecule has 2 aromatic carbocycles. The average molecular weight is 483 g/mol. The van der Waals surface area contributed by atoms with E-state index in [1.807, 2.05) is 6.07 Å². The van der Waals surface area contributed by atoms with Gasteiger partial charge in [-0.05, 0) is 77.0 Å². The van der Waals surface area contributed by atoms with Crippen LogP contribution in [0.15, 0.2) is 48.5 Å². The monoisotopic (exact) mass is 482 g/mol. The summed E-state index contributed by atoms with van der Waals surface area (Å²) in [6, 6.07) is 17.9. The van der Waals surface area contributed by atoms with Gasteiger partial charge in [0, 0.05) is 67.3 Å². The summed E-state index contributed by atoms with van der Waals surface area (Å²) in [4.78, 5) is 7.55. The third-order valence-corrected chi connectivity index (χ3v) is 8.68. The number of halogens is 1. The van der Waals surface area contributed by atoms with Gasteiger partial charge in [-0.1, -0.05) is 48.0 Å². The molecule has 2 aliphatic heterocycles. The molecule has 5 heteroatoms. The summed E-state index contributed by atoms with van der Waals surface area (Å²) >= 11 is 6.37. The van der Waals surface area contributed by atoms with Crippen molar-refractivity contribution in [3.05, 3.63) is 70.2 Å². The van der Waals surface area contributed by atoms with Crippen molar-refractivity contribution in [3.63, 3.8) is 0 Å². The molecule has 186 valence electrons. The van der Waals surface area contributed by atoms with E-state index in [9.17, 15) is 0 Å². The zero-order valence-electron chi connectivity index (χ0n) is 21.9. The molecule has 2 aromatic rings. The maximum absolute atomic E-state index is 6.37. The minimum Gasteiger partial charge on any atom is -0.314 e. The molecule has 0 aromatic heterocycles. The number of piperazine rings is 2. The van der Waals surface area contributed by atoms with Gasteiger partial charge in [-0.15, -0.1) is 0 Å². The first-order chi connectivity index (χ1) is 16.1. The van der Waals surface area contributed by atoms with Gasteiger partial charge < -0.3 is 5.32 Å². The van der Waals surface area contributed by atoms with E-state index in [1.54, 1.807) is 0 Å². The van der Waals surface area contributed by atoms with Crippen molar-refractivity contribution in [3.8, 4) is 0 Å². The number of fused-ring (bicyclic) bond motifs is 1. The van der Waals surface area contributed by atoms with Gasteiger partial charge in [0.15, 0.2) is 0 Å². The summed E-state index contributed by atoms with van der Waals surface area (Å²) in [6.45, 7) is 16.0. The van der Waals surface area contributed by atoms with E-state index in [4.69, 9.17) is 11.6 Å². The molecule has 0 unspecified atom stereocenters. The van der Waals surface area contributed by atoms with Crippen LogP contribution < -0.4 is 5.32 Å². The van der Waals surface area contributed by atoms with Crippen molar-refractivity contribution in [2.45, 2.75) is 57.2 Å². The summed E-state index contributed by atoms with van der Waals surface area (Å²) in [5, 5.41) is 4.22. The lowest BCUT2D eigenvalue weighted by Crippen LogP contribution is -2.58. The van der Waals surface area contributed by atoms with Gasteiger partial charge in [-0.3, -0.25) is 14.7 Å². The van der Waals surface area contributed by atoms with E-state index in [0.29, 0.717) is 17.5 Å². The largest absolute Gasteiger partial charge is 0.314 e. The quantitative estimate of drug-likeness (QED) is 0.631. The van der Waals surface area contributed by atoms with Crippen molar-refractivity contribution in [1.82, 2.24) is 20.0 Å². The summed E-state index contributed by atoms with van der Waals surface area (Å²) in [6.07, 6.45) is 1.15. The highest BCUT2D eigenvalue weighted by Gasteiger charge is 2.40. The van der Waals surface area contributed by atoms with Gasteiger partial charge in [-0.2, -0.15) is 0 Å². The zero-order chi connectivity index (χ0) is 24.5. The lowest BCUT2D eigenvalue weighted by molar-refractivity contribution is 0.0158. The van der Waals surface area contributed by atoms with Crippen LogP contribution >= 0.6 is 11.6 Å². The molecule has 0 bridgehead atoms. The minimum absolute atomic E-state index is 0.210. The molecule has 4 nitrogen and oxygen atoms in total. The van der Waals surface area contributed by atoms with Crippen molar-refractivity contribution in [2.24, 2.45) is 0 Å². The summed E-state index contributed by atoms with van der Waals surface area (Å²) < 4.78 is 0. The first kappa shape index (κ1) is 25.7. The number of hydrogen-bond donors (Lipinski definition) is 1. The molecule has 2 saturated heterocycles. The van der Waals surface area contributed by atoms with Crippen LogP contribution in [0.1, 0.15) is 62.8 Å². The van der Waals surface area contributed by atoms with Gasteiger partial charge in [0.05, 0.1) is 0 Å². The normalized spacial score (nSPS) is 27.0. The highest BCUT2D eigenvalue weighted by molar-refractivity contribution is 6.30. The maximum Gasteiger partial charge on any atom is 0.0409 e. The molecule has 2 fully saturated rings. The van der Waals surface area contributed by atoms with Crippen molar-refractivity contribution in [2.75, 3.05) is 53.4 Å². The second kappa shape index (κ2) is 10.3. The first-order valence-electron chi connectivity index (χ1n) is 12.8. The molecule has 0 saturated carbocycles. The van der Waals surface area contributed by atoms with Crippen molar-refractivity contribution >= 4 is 11.6 Å². The topological polar surface area (TPSA) is 21.8 Å². The molecule has 34 heavy (non-hydrogen) atoms. The minimum atomic E-state index is 0.210. The molecule has 1 N–H and O–H groups in total. The Labute approximate surface area is 212 Å². The molecule has 2 heterocycles. The highest BCUT2D eigenvalue weighted by atomic mass is 35.5. The molecule has 0 radical (unpaired) electrons. The van der Waals surface area contributed by atoms with Crippen LogP contribution in [-0.4, -0.2) is 79.1 Å². The van der Waals surface area contributed by atoms with E-state index in [-0.39, 0.29) is 5.54 Å². The molecule has 0 spiro atoms. The van der Waals surface area contributed by atoms with Crippen molar-refractivity contribution in [1.29, 1.82) is 0 Å². The van der Waals surface area contributed by atoms with E-state index >= 15 is 0 Å². The Bertz CT molecular complexity index is 958. The fourth-order valence-electron chi connectivity index (χ4n) is 5.60. The number of nitrogens with one attached hydrogen (secondary N) is 1. The number of rotatable bonds is 2. The predicted octanol–water partition coefficient (Wildman–Crippen LogP) is 5.24. The fourth-order valence-corrected chi connectivity index (χ4v) is 5.78. The van der Waals surface area contributed by atoms with Gasteiger partial charge in [-0.25, -0.2) is 0 Å². The molecular formula is C29H43ClN4. The van der Waals surface area contributed by atoms with Crippen LogP contribution in [0.4, 0.5) is 0 Å². The third kappa shape index (κ3) is 5.52. The van der Waals surface area contributed by atoms with Crippen LogP contribution in [0, 0.1) is 0 Å². The van der Waals surface area contributed by atoms with Gasteiger partial charge in [0.1, 0.15) is 0 Å². The molecular weight excluding hydrogens is 440 g/mol. The molecule has 1 aliphatic carbocycles. The van der Waals surface area contributed by atoms with Gasteiger partial charge >= 0.3 is 0 Å². The van der Waals surface area contributed by atoms with E-state index < -0.39 is 0 Å². The standard InChI is InChI=1S/C22H27ClN2.C7H16N2/c1-22(2)15-25(12-11-24(22)3)21-14-19(16-7-5-4-6-8-16)18-10-9-17(23)13-20(18)21;1-7(2)6-8-4-5-9(7)3/h4-10,13,19,21H,11-12,14-15H2,1-3H3;8H,4-6H2,1-3H3/t19-,21+;/m0./s1. The van der Waals surface area contributed by atoms with Gasteiger partial charge in [0.25, 0.3) is 0 Å². The molecule has 2 atom stereocenters. The van der Waals surface area contributed by atoms with Crippen LogP contribution in [-0.2, 0) is 0 Å².